The molecule has 0 saturated heterocycles. The van der Waals surface area contributed by atoms with E-state index in [1.54, 1.807) is 18.2 Å². The summed E-state index contributed by atoms with van der Waals surface area (Å²) >= 11 is 0. The van der Waals surface area contributed by atoms with Gasteiger partial charge in [0.1, 0.15) is 17.3 Å². The highest BCUT2D eigenvalue weighted by atomic mass is 19.3. The molecule has 0 unspecified atom stereocenters. The van der Waals surface area contributed by atoms with Crippen LogP contribution in [-0.2, 0) is 6.54 Å². The summed E-state index contributed by atoms with van der Waals surface area (Å²) in [5.74, 6) is 0.0159. The highest BCUT2D eigenvalue weighted by Crippen LogP contribution is 2.27. The summed E-state index contributed by atoms with van der Waals surface area (Å²) in [5, 5.41) is 3.00. The molecule has 1 N–H and O–H groups in total. The zero-order valence-electron chi connectivity index (χ0n) is 11.3. The molecule has 0 atom stereocenters. The van der Waals surface area contributed by atoms with E-state index >= 15 is 0 Å². The van der Waals surface area contributed by atoms with Crippen LogP contribution in [-0.4, -0.2) is 13.7 Å². The third kappa shape index (κ3) is 4.05. The lowest BCUT2D eigenvalue weighted by molar-refractivity contribution is -0.0504. The zero-order chi connectivity index (χ0) is 15.2. The summed E-state index contributed by atoms with van der Waals surface area (Å²) in [6, 6.07) is 10.5. The number of ether oxygens (including phenoxy) is 2. The molecule has 6 heteroatoms. The van der Waals surface area contributed by atoms with Crippen molar-refractivity contribution in [2.45, 2.75) is 13.2 Å². The van der Waals surface area contributed by atoms with Gasteiger partial charge in [-0.25, -0.2) is 4.39 Å². The van der Waals surface area contributed by atoms with E-state index in [9.17, 15) is 13.2 Å². The summed E-state index contributed by atoms with van der Waals surface area (Å²) in [7, 11) is 1.42. The molecule has 0 aromatic heterocycles. The van der Waals surface area contributed by atoms with Gasteiger partial charge in [0.05, 0.1) is 12.8 Å². The third-order valence-electron chi connectivity index (χ3n) is 2.82. The van der Waals surface area contributed by atoms with Crippen LogP contribution < -0.4 is 14.8 Å². The Morgan fingerprint density at radius 3 is 2.57 bits per heavy atom. The van der Waals surface area contributed by atoms with Crippen molar-refractivity contribution < 1.29 is 22.6 Å². The second kappa shape index (κ2) is 6.88. The van der Waals surface area contributed by atoms with E-state index in [0.29, 0.717) is 17.0 Å². The fraction of sp³-hybridized carbons (Fsp3) is 0.200. The predicted octanol–water partition coefficient (Wildman–Crippen LogP) is 4.05. The van der Waals surface area contributed by atoms with E-state index in [-0.39, 0.29) is 12.3 Å². The Hall–Kier alpha value is -2.37. The molecule has 0 aliphatic heterocycles. The number of anilines is 1. The summed E-state index contributed by atoms with van der Waals surface area (Å²) < 4.78 is 47.2. The average Bonchev–Trinajstić information content (AvgIpc) is 2.46. The van der Waals surface area contributed by atoms with Gasteiger partial charge in [-0.1, -0.05) is 18.2 Å². The second-order valence-electron chi connectivity index (χ2n) is 4.18. The maximum absolute atomic E-state index is 13.1. The number of nitrogens with one attached hydrogen (secondary N) is 1. The average molecular weight is 297 g/mol. The van der Waals surface area contributed by atoms with Crippen molar-refractivity contribution in [1.29, 1.82) is 0 Å². The molecule has 0 spiro atoms. The number of para-hydroxylation sites is 1. The number of hydrogen-bond donors (Lipinski definition) is 1. The Morgan fingerprint density at radius 2 is 1.86 bits per heavy atom. The van der Waals surface area contributed by atoms with Gasteiger partial charge in [-0.05, 0) is 18.2 Å². The van der Waals surface area contributed by atoms with Gasteiger partial charge >= 0.3 is 6.61 Å². The minimum absolute atomic E-state index is 0.0982. The van der Waals surface area contributed by atoms with Crippen molar-refractivity contribution in [3.63, 3.8) is 0 Å². The minimum atomic E-state index is -2.88. The van der Waals surface area contributed by atoms with Crippen LogP contribution in [0.15, 0.2) is 42.5 Å². The Morgan fingerprint density at radius 1 is 1.10 bits per heavy atom. The van der Waals surface area contributed by atoms with Gasteiger partial charge in [-0.2, -0.15) is 8.78 Å². The maximum Gasteiger partial charge on any atom is 0.387 e. The lowest BCUT2D eigenvalue weighted by Gasteiger charge is -2.14. The van der Waals surface area contributed by atoms with Gasteiger partial charge in [0, 0.05) is 18.2 Å². The standard InChI is InChI=1S/C15H14F3NO2/c1-20-14-8-11(16)6-7-12(14)19-9-10-4-2-3-5-13(10)21-15(17)18/h2-8,15,19H,9H2,1H3. The number of hydrogen-bond acceptors (Lipinski definition) is 3. The Balaban J connectivity index is 2.13. The van der Waals surface area contributed by atoms with Crippen LogP contribution in [0.2, 0.25) is 0 Å². The lowest BCUT2D eigenvalue weighted by Crippen LogP contribution is -2.07. The van der Waals surface area contributed by atoms with Crippen molar-refractivity contribution in [3.8, 4) is 11.5 Å². The molecule has 2 rings (SSSR count). The van der Waals surface area contributed by atoms with E-state index in [4.69, 9.17) is 4.74 Å². The van der Waals surface area contributed by atoms with Gasteiger partial charge in [0.2, 0.25) is 0 Å². The van der Waals surface area contributed by atoms with Crippen molar-refractivity contribution in [1.82, 2.24) is 0 Å². The number of methoxy groups -OCH3 is 1. The molecule has 0 aliphatic carbocycles. The Labute approximate surface area is 120 Å². The van der Waals surface area contributed by atoms with Gasteiger partial charge in [-0.3, -0.25) is 0 Å². The first-order valence-electron chi connectivity index (χ1n) is 6.20. The van der Waals surface area contributed by atoms with Crippen LogP contribution >= 0.6 is 0 Å². The fourth-order valence-corrected chi connectivity index (χ4v) is 1.86. The predicted molar refractivity (Wildman–Crippen MR) is 73.4 cm³/mol. The first kappa shape index (κ1) is 15.0. The SMILES string of the molecule is COc1cc(F)ccc1NCc1ccccc1OC(F)F. The maximum atomic E-state index is 13.1. The van der Waals surface area contributed by atoms with Crippen molar-refractivity contribution >= 4 is 5.69 Å². The largest absolute Gasteiger partial charge is 0.494 e. The molecule has 0 fully saturated rings. The van der Waals surface area contributed by atoms with Crippen LogP contribution in [0, 0.1) is 5.82 Å². The van der Waals surface area contributed by atoms with Crippen molar-refractivity contribution in [3.05, 3.63) is 53.8 Å². The van der Waals surface area contributed by atoms with Crippen LogP contribution in [0.25, 0.3) is 0 Å². The van der Waals surface area contributed by atoms with Gasteiger partial charge in [0.15, 0.2) is 0 Å². The second-order valence-corrected chi connectivity index (χ2v) is 4.18. The minimum Gasteiger partial charge on any atom is -0.494 e. The molecular formula is C15H14F3NO2. The molecule has 2 aromatic rings. The quantitative estimate of drug-likeness (QED) is 0.872. The van der Waals surface area contributed by atoms with Gasteiger partial charge in [0.25, 0.3) is 0 Å². The molecule has 21 heavy (non-hydrogen) atoms. The molecule has 0 saturated carbocycles. The first-order chi connectivity index (χ1) is 10.1. The molecule has 0 amide bonds. The third-order valence-corrected chi connectivity index (χ3v) is 2.82. The van der Waals surface area contributed by atoms with Crippen LogP contribution in [0.5, 0.6) is 11.5 Å². The van der Waals surface area contributed by atoms with E-state index in [0.717, 1.165) is 0 Å². The molecule has 0 radical (unpaired) electrons. The van der Waals surface area contributed by atoms with E-state index in [1.807, 2.05) is 0 Å². The van der Waals surface area contributed by atoms with Crippen LogP contribution in [0.1, 0.15) is 5.56 Å². The first-order valence-corrected chi connectivity index (χ1v) is 6.20. The molecular weight excluding hydrogens is 283 g/mol. The monoisotopic (exact) mass is 297 g/mol. The van der Waals surface area contributed by atoms with E-state index in [2.05, 4.69) is 10.1 Å². The van der Waals surface area contributed by atoms with Crippen molar-refractivity contribution in [2.24, 2.45) is 0 Å². The normalized spacial score (nSPS) is 10.5. The van der Waals surface area contributed by atoms with Gasteiger partial charge in [-0.15, -0.1) is 0 Å². The number of alkyl halides is 2. The highest BCUT2D eigenvalue weighted by Gasteiger charge is 2.10. The van der Waals surface area contributed by atoms with Crippen molar-refractivity contribution in [2.75, 3.05) is 12.4 Å². The zero-order valence-corrected chi connectivity index (χ0v) is 11.3. The number of benzene rings is 2. The molecule has 3 nitrogen and oxygen atoms in total. The fourth-order valence-electron chi connectivity index (χ4n) is 1.86. The highest BCUT2D eigenvalue weighted by molar-refractivity contribution is 5.57. The molecule has 0 bridgehead atoms. The lowest BCUT2D eigenvalue weighted by atomic mass is 10.2. The molecule has 0 heterocycles. The molecule has 0 aliphatic rings. The van der Waals surface area contributed by atoms with Crippen LogP contribution in [0.4, 0.5) is 18.9 Å². The Bertz CT molecular complexity index is 605. The van der Waals surface area contributed by atoms with Crippen LogP contribution in [0.3, 0.4) is 0 Å². The summed E-state index contributed by atoms with van der Waals surface area (Å²) in [5.41, 5.74) is 1.12. The smallest absolute Gasteiger partial charge is 0.387 e. The summed E-state index contributed by atoms with van der Waals surface area (Å²) in [6.07, 6.45) is 0. The Kier molecular flexibility index (Phi) is 4.92. The van der Waals surface area contributed by atoms with E-state index in [1.165, 1.54) is 31.4 Å². The molecule has 112 valence electrons. The molecule has 2 aromatic carbocycles. The van der Waals surface area contributed by atoms with E-state index < -0.39 is 12.4 Å². The van der Waals surface area contributed by atoms with Gasteiger partial charge < -0.3 is 14.8 Å². The summed E-state index contributed by atoms with van der Waals surface area (Å²) in [4.78, 5) is 0. The summed E-state index contributed by atoms with van der Waals surface area (Å²) in [6.45, 7) is -2.64. The topological polar surface area (TPSA) is 30.5 Å². The number of halogens is 3. The number of rotatable bonds is 6.